The third-order valence-electron chi connectivity index (χ3n) is 2.63. The van der Waals surface area contributed by atoms with Crippen LogP contribution in [-0.4, -0.2) is 46.5 Å². The van der Waals surface area contributed by atoms with Crippen LogP contribution in [0.3, 0.4) is 0 Å². The van der Waals surface area contributed by atoms with Gasteiger partial charge >= 0.3 is 19.8 Å². The molecule has 110 valence electrons. The largest absolute Gasteiger partial charge is 0.527 e. The molecule has 0 amide bonds. The number of ether oxygens (including phenoxy) is 1. The van der Waals surface area contributed by atoms with Crippen molar-refractivity contribution >= 4 is 19.8 Å². The Labute approximate surface area is 109 Å². The Morgan fingerprint density at radius 1 is 1.47 bits per heavy atom. The maximum atomic E-state index is 11.6. The number of rotatable bonds is 5. The van der Waals surface area contributed by atoms with Crippen molar-refractivity contribution in [3.05, 3.63) is 0 Å². The molecule has 0 spiro atoms. The van der Waals surface area contributed by atoms with Gasteiger partial charge in [0.1, 0.15) is 18.2 Å². The van der Waals surface area contributed by atoms with Crippen LogP contribution in [0.2, 0.25) is 0 Å². The number of carbonyl (C=O) groups is 2. The van der Waals surface area contributed by atoms with E-state index in [1.54, 1.807) is 0 Å². The lowest BCUT2D eigenvalue weighted by Crippen LogP contribution is -2.45. The van der Waals surface area contributed by atoms with E-state index in [9.17, 15) is 14.2 Å². The van der Waals surface area contributed by atoms with E-state index in [-0.39, 0.29) is 0 Å². The first kappa shape index (κ1) is 16.1. The summed E-state index contributed by atoms with van der Waals surface area (Å²) in [6.45, 7) is 2.05. The van der Waals surface area contributed by atoms with Crippen LogP contribution in [0.25, 0.3) is 0 Å². The summed E-state index contributed by atoms with van der Waals surface area (Å²) in [5.41, 5.74) is 5.40. The number of hydrogen-bond donors (Lipinski definition) is 4. The predicted molar refractivity (Wildman–Crippen MR) is 62.7 cm³/mol. The molecule has 1 aliphatic rings. The fourth-order valence-electron chi connectivity index (χ4n) is 1.59. The lowest BCUT2D eigenvalue weighted by molar-refractivity contribution is -0.154. The van der Waals surface area contributed by atoms with E-state index >= 15 is 0 Å². The molecule has 5 N–H and O–H groups in total. The molecule has 19 heavy (non-hydrogen) atoms. The molecule has 0 bridgehead atoms. The molecule has 0 saturated carbocycles. The minimum atomic E-state index is -4.95. The summed E-state index contributed by atoms with van der Waals surface area (Å²) in [6.07, 6.45) is 0.433. The Morgan fingerprint density at radius 2 is 2.11 bits per heavy atom. The number of nitrogens with two attached hydrogens (primary N) is 1. The summed E-state index contributed by atoms with van der Waals surface area (Å²) < 4.78 is 19.3. The summed E-state index contributed by atoms with van der Waals surface area (Å²) in [6, 6.07) is -1.90. The van der Waals surface area contributed by atoms with E-state index in [0.29, 0.717) is 13.0 Å². The summed E-state index contributed by atoms with van der Waals surface area (Å²) in [7, 11) is -4.95. The van der Waals surface area contributed by atoms with Crippen molar-refractivity contribution in [2.45, 2.75) is 38.0 Å². The third-order valence-corrected chi connectivity index (χ3v) is 3.05. The molecule has 9 nitrogen and oxygen atoms in total. The van der Waals surface area contributed by atoms with Crippen molar-refractivity contribution in [1.29, 1.82) is 0 Å². The highest BCUT2D eigenvalue weighted by Crippen LogP contribution is 2.36. The summed E-state index contributed by atoms with van der Waals surface area (Å²) in [4.78, 5) is 39.8. The first-order valence-corrected chi connectivity index (χ1v) is 7.22. The maximum absolute atomic E-state index is 11.6. The average molecular weight is 296 g/mol. The second-order valence-electron chi connectivity index (χ2n) is 4.22. The molecule has 0 aromatic rings. The topological polar surface area (TPSA) is 148 Å². The number of carbonyl (C=O) groups excluding carboxylic acids is 2. The highest BCUT2D eigenvalue weighted by Gasteiger charge is 2.33. The van der Waals surface area contributed by atoms with Gasteiger partial charge in [-0.3, -0.25) is 14.6 Å². The van der Waals surface area contributed by atoms with Gasteiger partial charge in [-0.15, -0.1) is 0 Å². The lowest BCUT2D eigenvalue weighted by atomic mass is 10.2. The summed E-state index contributed by atoms with van der Waals surface area (Å²) >= 11 is 0. The standard InChI is InChI=1S/C9H17N2O7P/c1-5(7(10)9(13)18-19(14,15)16)17-8(12)6-3-2-4-11-6/h5-7,11H,2-4,10H2,1H3,(H2,14,15,16)/t5-,6+,7+/m1/s1. The second-order valence-corrected chi connectivity index (χ2v) is 5.38. The van der Waals surface area contributed by atoms with Gasteiger partial charge in [0.15, 0.2) is 0 Å². The van der Waals surface area contributed by atoms with Crippen LogP contribution < -0.4 is 11.1 Å². The first-order chi connectivity index (χ1) is 8.70. The van der Waals surface area contributed by atoms with Crippen LogP contribution in [0.4, 0.5) is 0 Å². The molecule has 10 heteroatoms. The smallest absolute Gasteiger partial charge is 0.459 e. The minimum absolute atomic E-state index is 0.438. The molecule has 0 aliphatic carbocycles. The van der Waals surface area contributed by atoms with Crippen LogP contribution in [0, 0.1) is 0 Å². The van der Waals surface area contributed by atoms with E-state index in [0.717, 1.165) is 6.42 Å². The number of esters is 1. The Balaban J connectivity index is 2.47. The van der Waals surface area contributed by atoms with Gasteiger partial charge in [0.25, 0.3) is 0 Å². The van der Waals surface area contributed by atoms with E-state index in [1.165, 1.54) is 6.92 Å². The zero-order valence-electron chi connectivity index (χ0n) is 10.3. The van der Waals surface area contributed by atoms with Crippen molar-refractivity contribution in [3.8, 4) is 0 Å². The van der Waals surface area contributed by atoms with Crippen LogP contribution in [-0.2, 0) is 23.4 Å². The van der Waals surface area contributed by atoms with Crippen LogP contribution >= 0.6 is 7.82 Å². The molecule has 0 radical (unpaired) electrons. The van der Waals surface area contributed by atoms with E-state index < -0.39 is 37.9 Å². The Kier molecular flexibility index (Phi) is 5.45. The van der Waals surface area contributed by atoms with Crippen molar-refractivity contribution in [2.75, 3.05) is 6.54 Å². The van der Waals surface area contributed by atoms with Crippen molar-refractivity contribution < 1.29 is 33.2 Å². The molecule has 1 fully saturated rings. The average Bonchev–Trinajstić information content (AvgIpc) is 2.78. The van der Waals surface area contributed by atoms with Crippen LogP contribution in [0.1, 0.15) is 19.8 Å². The maximum Gasteiger partial charge on any atom is 0.527 e. The fourth-order valence-corrected chi connectivity index (χ4v) is 1.95. The summed E-state index contributed by atoms with van der Waals surface area (Å²) in [5.74, 6) is -1.88. The molecule has 1 aliphatic heterocycles. The molecule has 1 rings (SSSR count). The number of hydrogen-bond acceptors (Lipinski definition) is 7. The Hall–Kier alpha value is -0.990. The number of phosphoric ester groups is 1. The normalized spacial score (nSPS) is 22.6. The Bertz CT molecular complexity index is 390. The van der Waals surface area contributed by atoms with Crippen LogP contribution in [0.15, 0.2) is 0 Å². The zero-order chi connectivity index (χ0) is 14.6. The van der Waals surface area contributed by atoms with E-state index in [2.05, 4.69) is 9.84 Å². The molecule has 0 aromatic heterocycles. The first-order valence-electron chi connectivity index (χ1n) is 5.69. The minimum Gasteiger partial charge on any atom is -0.459 e. The predicted octanol–water partition coefficient (Wildman–Crippen LogP) is -1.37. The van der Waals surface area contributed by atoms with Gasteiger partial charge in [-0.25, -0.2) is 9.36 Å². The Morgan fingerprint density at radius 3 is 2.58 bits per heavy atom. The third kappa shape index (κ3) is 5.25. The van der Waals surface area contributed by atoms with Gasteiger partial charge in [-0.1, -0.05) is 0 Å². The van der Waals surface area contributed by atoms with E-state index in [4.69, 9.17) is 20.3 Å². The van der Waals surface area contributed by atoms with Crippen molar-refractivity contribution in [1.82, 2.24) is 5.32 Å². The van der Waals surface area contributed by atoms with Crippen molar-refractivity contribution in [2.24, 2.45) is 5.73 Å². The second kappa shape index (κ2) is 6.44. The molecule has 1 saturated heterocycles. The molecule has 3 atom stereocenters. The fraction of sp³-hybridized carbons (Fsp3) is 0.778. The van der Waals surface area contributed by atoms with Crippen molar-refractivity contribution in [3.63, 3.8) is 0 Å². The van der Waals surface area contributed by atoms with E-state index in [1.807, 2.05) is 0 Å². The highest BCUT2D eigenvalue weighted by atomic mass is 31.2. The quantitative estimate of drug-likeness (QED) is 0.356. The SMILES string of the molecule is C[C@@H](OC(=O)[C@@H]1CCCN1)[C@H](N)C(=O)OP(=O)(O)O. The molecule has 0 unspecified atom stereocenters. The van der Waals surface area contributed by atoms with Gasteiger partial charge in [-0.2, -0.15) is 0 Å². The zero-order valence-corrected chi connectivity index (χ0v) is 11.2. The monoisotopic (exact) mass is 296 g/mol. The highest BCUT2D eigenvalue weighted by molar-refractivity contribution is 7.46. The molecule has 1 heterocycles. The molecule has 0 aromatic carbocycles. The molecular formula is C9H17N2O7P. The van der Waals surface area contributed by atoms with Gasteiger partial charge in [-0.05, 0) is 26.3 Å². The molecular weight excluding hydrogens is 279 g/mol. The number of phosphoric acid groups is 1. The lowest BCUT2D eigenvalue weighted by Gasteiger charge is -2.20. The summed E-state index contributed by atoms with van der Waals surface area (Å²) in [5, 5.41) is 2.91. The van der Waals surface area contributed by atoms with Gasteiger partial charge in [0.2, 0.25) is 0 Å². The van der Waals surface area contributed by atoms with Gasteiger partial charge in [0, 0.05) is 0 Å². The van der Waals surface area contributed by atoms with Gasteiger partial charge in [0.05, 0.1) is 0 Å². The number of nitrogens with one attached hydrogen (secondary N) is 1. The van der Waals surface area contributed by atoms with Crippen LogP contribution in [0.5, 0.6) is 0 Å². The van der Waals surface area contributed by atoms with Gasteiger partial charge < -0.3 is 20.3 Å².